The number of halogens is 2. The third-order valence-electron chi connectivity index (χ3n) is 2.06. The minimum Gasteiger partial charge on any atom is -0.336 e. The Kier molecular flexibility index (Phi) is 5.44. The van der Waals surface area contributed by atoms with E-state index in [2.05, 4.69) is 21.2 Å². The zero-order chi connectivity index (χ0) is 12.8. The highest BCUT2D eigenvalue weighted by atomic mass is 79.9. The number of hydrogen-bond acceptors (Lipinski definition) is 2. The van der Waals surface area contributed by atoms with Crippen LogP contribution in [0.5, 0.6) is 0 Å². The summed E-state index contributed by atoms with van der Waals surface area (Å²) in [6.07, 6.45) is 0.750. The summed E-state index contributed by atoms with van der Waals surface area (Å²) in [4.78, 5) is 21.8. The van der Waals surface area contributed by atoms with Gasteiger partial charge in [-0.25, -0.2) is 4.79 Å². The lowest BCUT2D eigenvalue weighted by Gasteiger charge is -2.15. The number of carbonyl (C=O) groups is 2. The maximum absolute atomic E-state index is 11.4. The molecule has 1 aliphatic heterocycles. The fourth-order valence-corrected chi connectivity index (χ4v) is 2.18. The molecule has 1 aliphatic rings. The summed E-state index contributed by atoms with van der Waals surface area (Å²) in [6.45, 7) is 2.78. The van der Waals surface area contributed by atoms with Crippen LogP contribution < -0.4 is 10.2 Å². The summed E-state index contributed by atoms with van der Waals surface area (Å²) in [6, 6.07) is 5.39. The molecule has 1 N–H and O–H groups in total. The first-order valence-corrected chi connectivity index (χ1v) is 6.17. The molecule has 0 saturated carbocycles. The molecule has 17 heavy (non-hydrogen) atoms. The van der Waals surface area contributed by atoms with Crippen molar-refractivity contribution in [2.24, 2.45) is 0 Å². The Morgan fingerprint density at radius 1 is 1.53 bits per heavy atom. The Labute approximate surface area is 113 Å². The van der Waals surface area contributed by atoms with E-state index in [0.29, 0.717) is 18.1 Å². The van der Waals surface area contributed by atoms with Gasteiger partial charge >= 0.3 is 6.03 Å². The minimum absolute atomic E-state index is 0.0887. The normalized spacial score (nSPS) is 13.8. The quantitative estimate of drug-likeness (QED) is 0.809. The van der Waals surface area contributed by atoms with E-state index < -0.39 is 0 Å². The van der Waals surface area contributed by atoms with Crippen molar-refractivity contribution in [3.05, 3.63) is 27.7 Å². The van der Waals surface area contributed by atoms with Crippen molar-refractivity contribution in [3.8, 4) is 0 Å². The van der Waals surface area contributed by atoms with Crippen molar-refractivity contribution < 1.29 is 9.59 Å². The number of nitrogens with one attached hydrogen (secondary N) is 1. The van der Waals surface area contributed by atoms with Gasteiger partial charge in [-0.2, -0.15) is 0 Å². The van der Waals surface area contributed by atoms with Gasteiger partial charge in [-0.15, -0.1) is 0 Å². The van der Waals surface area contributed by atoms with Gasteiger partial charge in [0.15, 0.2) is 0 Å². The molecule has 2 amide bonds. The number of anilines is 1. The van der Waals surface area contributed by atoms with Crippen LogP contribution in [0.15, 0.2) is 22.7 Å². The Balaban J connectivity index is 0.000000437. The molecule has 0 spiro atoms. The molecular weight excluding hydrogens is 307 g/mol. The first-order valence-electron chi connectivity index (χ1n) is 5.00. The monoisotopic (exact) mass is 318 g/mol. The largest absolute Gasteiger partial charge is 0.336 e. The van der Waals surface area contributed by atoms with Crippen LogP contribution in [-0.4, -0.2) is 25.4 Å². The number of nitrogens with zero attached hydrogens (tertiary/aromatic N) is 1. The van der Waals surface area contributed by atoms with Gasteiger partial charge in [-0.3, -0.25) is 4.90 Å². The van der Waals surface area contributed by atoms with E-state index in [1.807, 2.05) is 12.1 Å². The Hall–Kier alpha value is -1.07. The molecule has 0 radical (unpaired) electrons. The lowest BCUT2D eigenvalue weighted by atomic mass is 10.3. The lowest BCUT2D eigenvalue weighted by Crippen LogP contribution is -2.27. The fourth-order valence-electron chi connectivity index (χ4n) is 1.40. The molecule has 0 unspecified atom stereocenters. The van der Waals surface area contributed by atoms with Crippen molar-refractivity contribution in [1.29, 1.82) is 0 Å². The second-order valence-corrected chi connectivity index (χ2v) is 4.54. The second kappa shape index (κ2) is 6.61. The zero-order valence-electron chi connectivity index (χ0n) is 9.24. The third-order valence-corrected chi connectivity index (χ3v) is 2.85. The van der Waals surface area contributed by atoms with Crippen LogP contribution in [0.3, 0.4) is 0 Å². The van der Waals surface area contributed by atoms with Gasteiger partial charge < -0.3 is 10.1 Å². The average Bonchev–Trinajstić information content (AvgIpc) is 2.66. The molecule has 6 heteroatoms. The molecule has 0 aromatic heterocycles. The third kappa shape index (κ3) is 3.71. The van der Waals surface area contributed by atoms with E-state index in [1.165, 1.54) is 6.92 Å². The number of rotatable bonds is 1. The number of hydrogen-bond donors (Lipinski definition) is 1. The molecule has 0 atom stereocenters. The van der Waals surface area contributed by atoms with Crippen LogP contribution in [0.1, 0.15) is 6.92 Å². The number of amides is 2. The molecule has 1 fully saturated rings. The zero-order valence-corrected chi connectivity index (χ0v) is 11.6. The Morgan fingerprint density at radius 3 is 2.65 bits per heavy atom. The van der Waals surface area contributed by atoms with Crippen molar-refractivity contribution in [3.63, 3.8) is 0 Å². The number of urea groups is 1. The number of aldehydes is 1. The van der Waals surface area contributed by atoms with Gasteiger partial charge in [0.25, 0.3) is 0 Å². The predicted octanol–water partition coefficient (Wildman–Crippen LogP) is 2.84. The first-order chi connectivity index (χ1) is 8.10. The summed E-state index contributed by atoms with van der Waals surface area (Å²) in [5.41, 5.74) is 0.755. The smallest absolute Gasteiger partial charge is 0.322 e. The Bertz CT molecular complexity index is 426. The van der Waals surface area contributed by atoms with E-state index in [0.717, 1.165) is 16.4 Å². The topological polar surface area (TPSA) is 49.4 Å². The minimum atomic E-state index is -0.0887. The predicted molar refractivity (Wildman–Crippen MR) is 71.6 cm³/mol. The molecule has 4 nitrogen and oxygen atoms in total. The summed E-state index contributed by atoms with van der Waals surface area (Å²) in [5.74, 6) is 0. The highest BCUT2D eigenvalue weighted by molar-refractivity contribution is 9.10. The maximum Gasteiger partial charge on any atom is 0.322 e. The van der Waals surface area contributed by atoms with Crippen molar-refractivity contribution >= 4 is 45.5 Å². The molecule has 1 aromatic carbocycles. The molecular formula is C11H12BrClN2O2. The highest BCUT2D eigenvalue weighted by Gasteiger charge is 2.22. The Morgan fingerprint density at radius 2 is 2.18 bits per heavy atom. The van der Waals surface area contributed by atoms with Crippen molar-refractivity contribution in [1.82, 2.24) is 5.32 Å². The lowest BCUT2D eigenvalue weighted by molar-refractivity contribution is -0.106. The van der Waals surface area contributed by atoms with Gasteiger partial charge in [-0.1, -0.05) is 27.5 Å². The van der Waals surface area contributed by atoms with Gasteiger partial charge in [0, 0.05) is 17.6 Å². The molecule has 1 saturated heterocycles. The number of benzene rings is 1. The van der Waals surface area contributed by atoms with Gasteiger partial charge in [0.05, 0.1) is 10.7 Å². The fraction of sp³-hybridized carbons (Fsp3) is 0.273. The maximum atomic E-state index is 11.4. The molecule has 0 bridgehead atoms. The SMILES string of the molecule is CC=O.O=C1NCCN1c1ccc(Br)cc1Cl. The standard InChI is InChI=1S/C9H8BrClN2O.C2H4O/c10-6-1-2-8(7(11)5-6)13-4-3-12-9(13)14;1-2-3/h1-2,5H,3-4H2,(H,12,14);2H,1H3. The molecule has 1 heterocycles. The van der Waals surface area contributed by atoms with Crippen molar-refractivity contribution in [2.75, 3.05) is 18.0 Å². The number of carbonyl (C=O) groups excluding carboxylic acids is 2. The van der Waals surface area contributed by atoms with Crippen LogP contribution in [0.4, 0.5) is 10.5 Å². The van der Waals surface area contributed by atoms with E-state index >= 15 is 0 Å². The van der Waals surface area contributed by atoms with Gasteiger partial charge in [-0.05, 0) is 25.1 Å². The summed E-state index contributed by atoms with van der Waals surface area (Å²) in [5, 5.41) is 3.31. The van der Waals surface area contributed by atoms with Crippen LogP contribution in [0, 0.1) is 0 Å². The second-order valence-electron chi connectivity index (χ2n) is 3.22. The van der Waals surface area contributed by atoms with E-state index in [1.54, 1.807) is 11.0 Å². The summed E-state index contributed by atoms with van der Waals surface area (Å²) in [7, 11) is 0. The molecule has 92 valence electrons. The van der Waals surface area contributed by atoms with E-state index in [-0.39, 0.29) is 6.03 Å². The van der Waals surface area contributed by atoms with Crippen molar-refractivity contribution in [2.45, 2.75) is 6.92 Å². The van der Waals surface area contributed by atoms with Crippen LogP contribution in [-0.2, 0) is 4.79 Å². The molecule has 1 aromatic rings. The molecule has 2 rings (SSSR count). The summed E-state index contributed by atoms with van der Waals surface area (Å²) >= 11 is 9.34. The highest BCUT2D eigenvalue weighted by Crippen LogP contribution is 2.29. The first kappa shape index (κ1) is 14.0. The van der Waals surface area contributed by atoms with Gasteiger partial charge in [0.2, 0.25) is 0 Å². The van der Waals surface area contributed by atoms with Crippen LogP contribution >= 0.6 is 27.5 Å². The van der Waals surface area contributed by atoms with Crippen LogP contribution in [0.2, 0.25) is 5.02 Å². The average molecular weight is 320 g/mol. The summed E-state index contributed by atoms with van der Waals surface area (Å²) < 4.78 is 0.908. The van der Waals surface area contributed by atoms with Crippen LogP contribution in [0.25, 0.3) is 0 Å². The van der Waals surface area contributed by atoms with Gasteiger partial charge in [0.1, 0.15) is 6.29 Å². The van der Waals surface area contributed by atoms with E-state index in [4.69, 9.17) is 16.4 Å². The van der Waals surface area contributed by atoms with E-state index in [9.17, 15) is 4.79 Å². The molecule has 0 aliphatic carbocycles.